The molecule has 0 radical (unpaired) electrons. The van der Waals surface area contributed by atoms with Gasteiger partial charge in [0.1, 0.15) is 0 Å². The van der Waals surface area contributed by atoms with Crippen LogP contribution in [0.1, 0.15) is 17.5 Å². The Morgan fingerprint density at radius 1 is 1.46 bits per heavy atom. The van der Waals surface area contributed by atoms with Crippen molar-refractivity contribution in [1.82, 2.24) is 0 Å². The Bertz CT molecular complexity index is 343. The van der Waals surface area contributed by atoms with E-state index < -0.39 is 0 Å². The molecule has 0 saturated carbocycles. The lowest BCUT2D eigenvalue weighted by Gasteiger charge is -1.98. The van der Waals surface area contributed by atoms with Crippen LogP contribution in [0, 0.1) is 18.3 Å². The summed E-state index contributed by atoms with van der Waals surface area (Å²) >= 11 is 2.25. The standard InChI is InChI=1S/C11H10IN/c1-9-4-6-10(7-5-9)11(12)3-2-8-13/h3-7H,2H2,1H3/b11-3+. The molecule has 1 rings (SSSR count). The third-order valence-corrected chi connectivity index (χ3v) is 2.76. The molecule has 1 aromatic rings. The predicted molar refractivity (Wildman–Crippen MR) is 63.4 cm³/mol. The van der Waals surface area contributed by atoms with Crippen LogP contribution in [0.2, 0.25) is 0 Å². The van der Waals surface area contributed by atoms with Gasteiger partial charge in [-0.15, -0.1) is 0 Å². The van der Waals surface area contributed by atoms with E-state index in [4.69, 9.17) is 5.26 Å². The van der Waals surface area contributed by atoms with Crippen molar-refractivity contribution >= 4 is 26.2 Å². The molecule has 0 bridgehead atoms. The van der Waals surface area contributed by atoms with E-state index in [1.165, 1.54) is 11.1 Å². The number of allylic oxidation sites excluding steroid dienone is 1. The van der Waals surface area contributed by atoms with E-state index in [1.54, 1.807) is 0 Å². The first kappa shape index (κ1) is 10.3. The zero-order chi connectivity index (χ0) is 9.68. The summed E-state index contributed by atoms with van der Waals surface area (Å²) in [5, 5.41) is 8.41. The lowest BCUT2D eigenvalue weighted by molar-refractivity contribution is 1.36. The zero-order valence-electron chi connectivity index (χ0n) is 7.42. The number of halogens is 1. The molecule has 2 heteroatoms. The first-order valence-corrected chi connectivity index (χ1v) is 5.11. The number of rotatable bonds is 2. The lowest BCUT2D eigenvalue weighted by atomic mass is 10.1. The maximum Gasteiger partial charge on any atom is 0.0663 e. The van der Waals surface area contributed by atoms with Crippen LogP contribution < -0.4 is 0 Å². The Hall–Kier alpha value is -0.820. The third-order valence-electron chi connectivity index (χ3n) is 1.70. The molecule has 0 unspecified atom stereocenters. The van der Waals surface area contributed by atoms with Gasteiger partial charge in [0, 0.05) is 3.58 Å². The topological polar surface area (TPSA) is 23.8 Å². The molecule has 0 aliphatic carbocycles. The molecular formula is C11H10IN. The van der Waals surface area contributed by atoms with E-state index in [9.17, 15) is 0 Å². The molecule has 13 heavy (non-hydrogen) atoms. The number of nitriles is 1. The van der Waals surface area contributed by atoms with Gasteiger partial charge in [0.05, 0.1) is 12.5 Å². The van der Waals surface area contributed by atoms with E-state index in [0.717, 1.165) is 3.58 Å². The highest BCUT2D eigenvalue weighted by Gasteiger charge is 1.95. The van der Waals surface area contributed by atoms with Gasteiger partial charge in [-0.05, 0) is 35.1 Å². The summed E-state index contributed by atoms with van der Waals surface area (Å²) in [5.74, 6) is 0. The number of aryl methyl sites for hydroxylation is 1. The van der Waals surface area contributed by atoms with Gasteiger partial charge in [0.25, 0.3) is 0 Å². The second-order valence-corrected chi connectivity index (χ2v) is 3.94. The first-order chi connectivity index (χ1) is 6.24. The summed E-state index contributed by atoms with van der Waals surface area (Å²) in [6, 6.07) is 10.4. The fourth-order valence-corrected chi connectivity index (χ4v) is 1.55. The number of nitrogens with zero attached hydrogens (tertiary/aromatic N) is 1. The van der Waals surface area contributed by atoms with Crippen molar-refractivity contribution in [3.63, 3.8) is 0 Å². The molecule has 0 heterocycles. The van der Waals surface area contributed by atoms with E-state index >= 15 is 0 Å². The molecule has 1 aromatic carbocycles. The fourth-order valence-electron chi connectivity index (χ4n) is 0.966. The highest BCUT2D eigenvalue weighted by molar-refractivity contribution is 14.1. The van der Waals surface area contributed by atoms with Gasteiger partial charge in [0.15, 0.2) is 0 Å². The van der Waals surface area contributed by atoms with Gasteiger partial charge in [0.2, 0.25) is 0 Å². The van der Waals surface area contributed by atoms with Gasteiger partial charge < -0.3 is 0 Å². The highest BCUT2D eigenvalue weighted by atomic mass is 127. The van der Waals surface area contributed by atoms with Crippen molar-refractivity contribution in [3.8, 4) is 6.07 Å². The molecule has 0 aliphatic rings. The van der Waals surface area contributed by atoms with Crippen molar-refractivity contribution in [2.24, 2.45) is 0 Å². The summed E-state index contributed by atoms with van der Waals surface area (Å²) in [4.78, 5) is 0. The van der Waals surface area contributed by atoms with Crippen LogP contribution in [0.3, 0.4) is 0 Å². The van der Waals surface area contributed by atoms with Crippen molar-refractivity contribution in [1.29, 1.82) is 5.26 Å². The Balaban J connectivity index is 2.84. The Kier molecular flexibility index (Phi) is 3.97. The average molecular weight is 283 g/mol. The SMILES string of the molecule is Cc1ccc(/C(I)=C\CC#N)cc1. The predicted octanol–water partition coefficient (Wildman–Crippen LogP) is 3.68. The zero-order valence-corrected chi connectivity index (χ0v) is 9.58. The summed E-state index contributed by atoms with van der Waals surface area (Å²) < 4.78 is 1.14. The summed E-state index contributed by atoms with van der Waals surface area (Å²) in [6.45, 7) is 2.07. The van der Waals surface area contributed by atoms with Crippen LogP contribution in [-0.4, -0.2) is 0 Å². The van der Waals surface area contributed by atoms with Crippen LogP contribution in [-0.2, 0) is 0 Å². The Labute approximate surface area is 92.2 Å². The molecule has 0 atom stereocenters. The molecule has 0 saturated heterocycles. The van der Waals surface area contributed by atoms with Gasteiger partial charge in [-0.2, -0.15) is 5.26 Å². The van der Waals surface area contributed by atoms with E-state index in [1.807, 2.05) is 6.08 Å². The molecule has 0 fully saturated rings. The van der Waals surface area contributed by atoms with Crippen molar-refractivity contribution in [3.05, 3.63) is 41.5 Å². The Morgan fingerprint density at radius 2 is 2.08 bits per heavy atom. The maximum absolute atomic E-state index is 8.41. The summed E-state index contributed by atoms with van der Waals surface area (Å²) in [6.07, 6.45) is 2.41. The molecule has 0 N–H and O–H groups in total. The average Bonchev–Trinajstić information content (AvgIpc) is 2.15. The lowest BCUT2D eigenvalue weighted by Crippen LogP contribution is -1.77. The molecule has 66 valence electrons. The second-order valence-electron chi connectivity index (χ2n) is 2.78. The van der Waals surface area contributed by atoms with Gasteiger partial charge in [-0.1, -0.05) is 35.9 Å². The van der Waals surface area contributed by atoms with Crippen molar-refractivity contribution in [2.75, 3.05) is 0 Å². The smallest absolute Gasteiger partial charge is 0.0663 e. The second kappa shape index (κ2) is 5.03. The minimum absolute atomic E-state index is 0.478. The summed E-state index contributed by atoms with van der Waals surface area (Å²) in [5.41, 5.74) is 2.44. The maximum atomic E-state index is 8.41. The number of hydrogen-bond donors (Lipinski definition) is 0. The van der Waals surface area contributed by atoms with Crippen LogP contribution in [0.5, 0.6) is 0 Å². The molecular weight excluding hydrogens is 273 g/mol. The minimum atomic E-state index is 0.478. The molecule has 0 aliphatic heterocycles. The van der Waals surface area contributed by atoms with Gasteiger partial charge in [-0.25, -0.2) is 0 Å². The number of hydrogen-bond acceptors (Lipinski definition) is 1. The fraction of sp³-hybridized carbons (Fsp3) is 0.182. The third kappa shape index (κ3) is 3.19. The molecule has 1 nitrogen and oxygen atoms in total. The molecule has 0 amide bonds. The van der Waals surface area contributed by atoms with E-state index in [-0.39, 0.29) is 0 Å². The summed E-state index contributed by atoms with van der Waals surface area (Å²) in [7, 11) is 0. The quantitative estimate of drug-likeness (QED) is 0.759. The first-order valence-electron chi connectivity index (χ1n) is 4.03. The van der Waals surface area contributed by atoms with Crippen molar-refractivity contribution < 1.29 is 0 Å². The molecule has 0 aromatic heterocycles. The molecule has 0 spiro atoms. The largest absolute Gasteiger partial charge is 0.198 e. The number of benzene rings is 1. The van der Waals surface area contributed by atoms with E-state index in [0.29, 0.717) is 6.42 Å². The van der Waals surface area contributed by atoms with Crippen LogP contribution in [0.15, 0.2) is 30.3 Å². The highest BCUT2D eigenvalue weighted by Crippen LogP contribution is 2.22. The van der Waals surface area contributed by atoms with E-state index in [2.05, 4.69) is 59.8 Å². The van der Waals surface area contributed by atoms with Gasteiger partial charge >= 0.3 is 0 Å². The Morgan fingerprint density at radius 3 is 2.62 bits per heavy atom. The van der Waals surface area contributed by atoms with Gasteiger partial charge in [-0.3, -0.25) is 0 Å². The normalized spacial score (nSPS) is 11.0. The minimum Gasteiger partial charge on any atom is -0.198 e. The van der Waals surface area contributed by atoms with Crippen LogP contribution in [0.25, 0.3) is 3.58 Å². The van der Waals surface area contributed by atoms with Crippen molar-refractivity contribution in [2.45, 2.75) is 13.3 Å². The van der Waals surface area contributed by atoms with Crippen LogP contribution in [0.4, 0.5) is 0 Å². The van der Waals surface area contributed by atoms with Crippen LogP contribution >= 0.6 is 22.6 Å². The monoisotopic (exact) mass is 283 g/mol.